The molecule has 0 heterocycles. The Hall–Kier alpha value is -2.35. The lowest BCUT2D eigenvalue weighted by atomic mass is 10.1. The second-order valence-electron chi connectivity index (χ2n) is 4.61. The summed E-state index contributed by atoms with van der Waals surface area (Å²) in [6.45, 7) is 0. The Morgan fingerprint density at radius 3 is 2.67 bits per heavy atom. The molecule has 1 aromatic rings. The molecule has 18 heavy (non-hydrogen) atoms. The number of hydrogen-bond donors (Lipinski definition) is 0. The zero-order chi connectivity index (χ0) is 12.1. The molecule has 0 aromatic heterocycles. The van der Waals surface area contributed by atoms with Gasteiger partial charge in [-0.1, -0.05) is 30.3 Å². The summed E-state index contributed by atoms with van der Waals surface area (Å²) in [5.41, 5.74) is 5.15. The van der Waals surface area contributed by atoms with Crippen molar-refractivity contribution in [2.75, 3.05) is 0 Å². The summed E-state index contributed by atoms with van der Waals surface area (Å²) in [7, 11) is 0. The van der Waals surface area contributed by atoms with Crippen LogP contribution in [0.2, 0.25) is 0 Å². The van der Waals surface area contributed by atoms with Gasteiger partial charge >= 0.3 is 5.97 Å². The fourth-order valence-electron chi connectivity index (χ4n) is 2.38. The molecule has 3 aliphatic carbocycles. The molecule has 2 nitrogen and oxygen atoms in total. The minimum Gasteiger partial charge on any atom is -0.450 e. The van der Waals surface area contributed by atoms with E-state index in [1.54, 1.807) is 0 Å². The van der Waals surface area contributed by atoms with Crippen LogP contribution in [0.5, 0.6) is 0 Å². The Kier molecular flexibility index (Phi) is 1.78. The lowest BCUT2D eigenvalue weighted by Crippen LogP contribution is -2.08. The van der Waals surface area contributed by atoms with E-state index in [4.69, 9.17) is 4.74 Å². The second kappa shape index (κ2) is 3.33. The first-order valence-corrected chi connectivity index (χ1v) is 5.95. The van der Waals surface area contributed by atoms with Gasteiger partial charge in [-0.3, -0.25) is 0 Å². The zero-order valence-corrected chi connectivity index (χ0v) is 9.59. The fraction of sp³-hybridized carbons (Fsp3) is 0.0625. The summed E-state index contributed by atoms with van der Waals surface area (Å²) in [6.07, 6.45) is 3.67. The molecule has 0 fully saturated rings. The summed E-state index contributed by atoms with van der Waals surface area (Å²) >= 11 is 0. The Morgan fingerprint density at radius 1 is 1.06 bits per heavy atom. The van der Waals surface area contributed by atoms with E-state index in [2.05, 4.69) is 0 Å². The van der Waals surface area contributed by atoms with Gasteiger partial charge in [-0.15, -0.1) is 0 Å². The van der Waals surface area contributed by atoms with Gasteiger partial charge in [-0.05, 0) is 41.0 Å². The second-order valence-corrected chi connectivity index (χ2v) is 4.61. The van der Waals surface area contributed by atoms with E-state index in [-0.39, 0.29) is 12.1 Å². The van der Waals surface area contributed by atoms with Crippen molar-refractivity contribution in [3.8, 4) is 11.1 Å². The Balaban J connectivity index is 1.57. The van der Waals surface area contributed by atoms with Gasteiger partial charge < -0.3 is 4.74 Å². The quantitative estimate of drug-likeness (QED) is 0.633. The SMILES string of the molecule is O=C(OC1C=Cc2ccccc21)c1cc2cc-2c1. The Labute approximate surface area is 105 Å². The number of fused-ring (bicyclic) bond motifs is 2. The molecule has 4 rings (SSSR count). The van der Waals surface area contributed by atoms with Gasteiger partial charge in [0.2, 0.25) is 0 Å². The van der Waals surface area contributed by atoms with E-state index >= 15 is 0 Å². The van der Waals surface area contributed by atoms with Crippen LogP contribution in [0, 0.1) is 0 Å². The maximum atomic E-state index is 12.0. The summed E-state index contributed by atoms with van der Waals surface area (Å²) in [6, 6.07) is 13.8. The number of carbonyl (C=O) groups excluding carboxylic acids is 1. The molecule has 1 atom stereocenters. The summed E-state index contributed by atoms with van der Waals surface area (Å²) in [4.78, 5) is 12.0. The van der Waals surface area contributed by atoms with Crippen LogP contribution in [0.3, 0.4) is 0 Å². The standard InChI is InChI=1S/C16H10O2/c17-16(13-8-11-7-12(11)9-13)18-15-6-5-10-3-1-2-4-14(10)15/h1-9,15H. The average molecular weight is 234 g/mol. The number of rotatable bonds is 2. The highest BCUT2D eigenvalue weighted by Crippen LogP contribution is 2.37. The lowest BCUT2D eigenvalue weighted by molar-refractivity contribution is 0.0397. The molecule has 1 unspecified atom stereocenters. The van der Waals surface area contributed by atoms with Crippen LogP contribution in [0.25, 0.3) is 17.2 Å². The molecular formula is C16H10O2. The molecule has 1 aromatic carbocycles. The maximum absolute atomic E-state index is 12.0. The number of hydrogen-bond acceptors (Lipinski definition) is 2. The van der Waals surface area contributed by atoms with E-state index in [0.717, 1.165) is 22.3 Å². The van der Waals surface area contributed by atoms with Gasteiger partial charge in [-0.2, -0.15) is 0 Å². The van der Waals surface area contributed by atoms with E-state index in [0.29, 0.717) is 5.56 Å². The third-order valence-electron chi connectivity index (χ3n) is 3.41. The highest BCUT2D eigenvalue weighted by atomic mass is 16.5. The molecule has 2 heteroatoms. The molecule has 0 N–H and O–H groups in total. The summed E-state index contributed by atoms with van der Waals surface area (Å²) in [5.74, 6) is -0.248. The summed E-state index contributed by atoms with van der Waals surface area (Å²) in [5, 5.41) is 0. The predicted octanol–water partition coefficient (Wildman–Crippen LogP) is 3.59. The summed E-state index contributed by atoms with van der Waals surface area (Å²) < 4.78 is 5.52. The number of carbonyl (C=O) groups is 1. The van der Waals surface area contributed by atoms with Crippen LogP contribution >= 0.6 is 0 Å². The van der Waals surface area contributed by atoms with Crippen LogP contribution < -0.4 is 0 Å². The molecule has 0 bridgehead atoms. The van der Waals surface area contributed by atoms with Gasteiger partial charge in [0.1, 0.15) is 6.10 Å². The molecule has 3 aliphatic rings. The zero-order valence-electron chi connectivity index (χ0n) is 9.59. The first-order chi connectivity index (χ1) is 8.81. The van der Waals surface area contributed by atoms with Gasteiger partial charge in [0.15, 0.2) is 0 Å². The van der Waals surface area contributed by atoms with Crippen molar-refractivity contribution in [2.45, 2.75) is 6.10 Å². The first kappa shape index (κ1) is 9.66. The maximum Gasteiger partial charge on any atom is 0.339 e. The Morgan fingerprint density at radius 2 is 1.83 bits per heavy atom. The minimum absolute atomic E-state index is 0.248. The lowest BCUT2D eigenvalue weighted by Gasteiger charge is -2.11. The van der Waals surface area contributed by atoms with Crippen LogP contribution in [0.4, 0.5) is 0 Å². The van der Waals surface area contributed by atoms with Crippen molar-refractivity contribution in [3.05, 3.63) is 65.2 Å². The smallest absolute Gasteiger partial charge is 0.339 e. The molecule has 0 radical (unpaired) electrons. The first-order valence-electron chi connectivity index (χ1n) is 5.95. The molecule has 86 valence electrons. The molecule has 0 spiro atoms. The topological polar surface area (TPSA) is 26.3 Å². The van der Waals surface area contributed by atoms with Crippen LogP contribution in [-0.4, -0.2) is 5.97 Å². The highest BCUT2D eigenvalue weighted by Gasteiger charge is 2.24. The van der Waals surface area contributed by atoms with Gasteiger partial charge in [-0.25, -0.2) is 4.79 Å². The monoisotopic (exact) mass is 234 g/mol. The van der Waals surface area contributed by atoms with Crippen LogP contribution in [0.15, 0.2) is 48.5 Å². The predicted molar refractivity (Wildman–Crippen MR) is 69.1 cm³/mol. The third-order valence-corrected chi connectivity index (χ3v) is 3.41. The highest BCUT2D eigenvalue weighted by molar-refractivity contribution is 5.98. The van der Waals surface area contributed by atoms with Crippen molar-refractivity contribution in [2.24, 2.45) is 0 Å². The van der Waals surface area contributed by atoms with Crippen molar-refractivity contribution < 1.29 is 9.53 Å². The molecule has 0 aliphatic heterocycles. The normalized spacial score (nSPS) is 17.4. The molecule has 0 saturated heterocycles. The van der Waals surface area contributed by atoms with Crippen molar-refractivity contribution in [1.29, 1.82) is 0 Å². The Bertz CT molecular complexity index is 678. The minimum atomic E-state index is -0.251. The molecule has 0 saturated carbocycles. The molecule has 0 amide bonds. The van der Waals surface area contributed by atoms with Gasteiger partial charge in [0, 0.05) is 5.56 Å². The van der Waals surface area contributed by atoms with Crippen molar-refractivity contribution in [1.82, 2.24) is 0 Å². The van der Waals surface area contributed by atoms with E-state index in [1.807, 2.05) is 54.6 Å². The fourth-order valence-corrected chi connectivity index (χ4v) is 2.38. The van der Waals surface area contributed by atoms with Crippen molar-refractivity contribution >= 4 is 12.0 Å². The molecular weight excluding hydrogens is 224 g/mol. The van der Waals surface area contributed by atoms with Gasteiger partial charge in [0.25, 0.3) is 0 Å². The van der Waals surface area contributed by atoms with Crippen LogP contribution in [-0.2, 0) is 4.74 Å². The average Bonchev–Trinajstić information content (AvgIpc) is 2.84. The number of ether oxygens (including phenoxy) is 1. The van der Waals surface area contributed by atoms with E-state index < -0.39 is 0 Å². The number of esters is 1. The van der Waals surface area contributed by atoms with Gasteiger partial charge in [0.05, 0.1) is 5.56 Å². The van der Waals surface area contributed by atoms with E-state index in [1.165, 1.54) is 0 Å². The van der Waals surface area contributed by atoms with Crippen molar-refractivity contribution in [3.63, 3.8) is 0 Å². The van der Waals surface area contributed by atoms with E-state index in [9.17, 15) is 4.79 Å². The third kappa shape index (κ3) is 1.39. The van der Waals surface area contributed by atoms with Crippen LogP contribution in [0.1, 0.15) is 27.6 Å². The largest absolute Gasteiger partial charge is 0.450 e. The number of benzene rings is 2.